The largest absolute Gasteiger partial charge is 0.454 e. The number of imide groups is 1. The van der Waals surface area contributed by atoms with Crippen molar-refractivity contribution < 1.29 is 23.9 Å². The van der Waals surface area contributed by atoms with Gasteiger partial charge in [0.05, 0.1) is 16.9 Å². The molecular weight excluding hydrogens is 476 g/mol. The lowest BCUT2D eigenvalue weighted by molar-refractivity contribution is -0.159. The fraction of sp³-hybridized carbons (Fsp3) is 0.429. The van der Waals surface area contributed by atoms with Gasteiger partial charge in [0, 0.05) is 10.2 Å². The monoisotopic (exact) mass is 494 g/mol. The Labute approximate surface area is 186 Å². The normalized spacial score (nSPS) is 27.4. The first-order chi connectivity index (χ1) is 14.2. The molecule has 3 amide bonds. The number of carbonyl (C=O) groups is 4. The van der Waals surface area contributed by atoms with Gasteiger partial charge in [-0.2, -0.15) is 0 Å². The predicted octanol–water partition coefficient (Wildman–Crippen LogP) is 3.09. The highest BCUT2D eigenvalue weighted by atomic mass is 79.9. The van der Waals surface area contributed by atoms with Crippen molar-refractivity contribution in [2.24, 2.45) is 23.7 Å². The summed E-state index contributed by atoms with van der Waals surface area (Å²) in [5, 5.41) is 3.07. The van der Waals surface area contributed by atoms with Crippen LogP contribution in [0.2, 0.25) is 5.02 Å². The van der Waals surface area contributed by atoms with E-state index in [0.717, 1.165) is 16.9 Å². The van der Waals surface area contributed by atoms with Crippen LogP contribution in [0.5, 0.6) is 0 Å². The van der Waals surface area contributed by atoms with Crippen LogP contribution in [-0.4, -0.2) is 41.2 Å². The summed E-state index contributed by atoms with van der Waals surface area (Å²) in [5.41, 5.74) is 1.28. The van der Waals surface area contributed by atoms with Gasteiger partial charge in [-0.25, -0.2) is 4.79 Å². The van der Waals surface area contributed by atoms with Crippen LogP contribution in [0.3, 0.4) is 0 Å². The number of rotatable bonds is 5. The predicted molar refractivity (Wildman–Crippen MR) is 113 cm³/mol. The van der Waals surface area contributed by atoms with Crippen LogP contribution in [0.15, 0.2) is 28.8 Å². The van der Waals surface area contributed by atoms with Gasteiger partial charge in [0.25, 0.3) is 5.91 Å². The number of allylic oxidation sites excluding steroid dienone is 2. The number of aryl methyl sites for hydroxylation is 1. The van der Waals surface area contributed by atoms with Gasteiger partial charge in [0.2, 0.25) is 11.8 Å². The summed E-state index contributed by atoms with van der Waals surface area (Å²) >= 11 is 9.35. The van der Waals surface area contributed by atoms with Crippen molar-refractivity contribution in [3.05, 3.63) is 39.3 Å². The molecule has 1 saturated heterocycles. The van der Waals surface area contributed by atoms with Gasteiger partial charge in [-0.05, 0) is 65.7 Å². The Hall–Kier alpha value is -2.19. The molecule has 1 aliphatic heterocycles. The fourth-order valence-electron chi connectivity index (χ4n) is 4.64. The van der Waals surface area contributed by atoms with E-state index in [1.807, 2.05) is 12.2 Å². The lowest BCUT2D eigenvalue weighted by Crippen LogP contribution is -2.45. The van der Waals surface area contributed by atoms with Gasteiger partial charge in [-0.3, -0.25) is 19.3 Å². The van der Waals surface area contributed by atoms with E-state index in [1.165, 1.54) is 6.92 Å². The lowest BCUT2D eigenvalue weighted by Gasteiger charge is -2.23. The van der Waals surface area contributed by atoms with Crippen molar-refractivity contribution in [3.63, 3.8) is 0 Å². The Bertz CT molecular complexity index is 964. The number of hydrogen-bond donors (Lipinski definition) is 1. The van der Waals surface area contributed by atoms with E-state index in [1.54, 1.807) is 19.1 Å². The Morgan fingerprint density at radius 3 is 2.43 bits per heavy atom. The minimum absolute atomic E-state index is 0.0661. The molecule has 2 aliphatic carbocycles. The number of amides is 3. The van der Waals surface area contributed by atoms with Crippen LogP contribution < -0.4 is 5.32 Å². The van der Waals surface area contributed by atoms with Crippen molar-refractivity contribution in [1.82, 2.24) is 4.90 Å². The Balaban J connectivity index is 1.35. The summed E-state index contributed by atoms with van der Waals surface area (Å²) in [6.07, 6.45) is 4.80. The number of fused-ring (bicyclic) bond motifs is 5. The topological polar surface area (TPSA) is 92.8 Å². The van der Waals surface area contributed by atoms with Gasteiger partial charge < -0.3 is 10.1 Å². The van der Waals surface area contributed by atoms with Crippen molar-refractivity contribution in [2.75, 3.05) is 11.9 Å². The quantitative estimate of drug-likeness (QED) is 0.385. The van der Waals surface area contributed by atoms with E-state index < -0.39 is 24.5 Å². The number of ether oxygens (including phenoxy) is 1. The number of benzene rings is 1. The van der Waals surface area contributed by atoms with E-state index in [4.69, 9.17) is 16.3 Å². The molecular formula is C21H20BrClN2O5. The third kappa shape index (κ3) is 3.46. The molecule has 9 heteroatoms. The van der Waals surface area contributed by atoms with Crippen LogP contribution >= 0.6 is 27.5 Å². The van der Waals surface area contributed by atoms with E-state index in [-0.39, 0.29) is 35.5 Å². The molecule has 1 aromatic rings. The molecule has 2 fully saturated rings. The number of hydrogen-bond acceptors (Lipinski definition) is 5. The fourth-order valence-corrected chi connectivity index (χ4v) is 5.26. The lowest BCUT2D eigenvalue weighted by atomic mass is 9.85. The number of carbonyl (C=O) groups excluding carboxylic acids is 4. The first kappa shape index (κ1) is 21.1. The molecule has 3 aliphatic rings. The van der Waals surface area contributed by atoms with Gasteiger partial charge in [0.15, 0.2) is 6.61 Å². The highest BCUT2D eigenvalue weighted by Crippen LogP contribution is 2.52. The molecule has 0 radical (unpaired) electrons. The Kier molecular flexibility index (Phi) is 5.48. The van der Waals surface area contributed by atoms with Crippen LogP contribution in [-0.2, 0) is 23.9 Å². The summed E-state index contributed by atoms with van der Waals surface area (Å²) in [4.78, 5) is 51.2. The first-order valence-corrected chi connectivity index (χ1v) is 10.8. The molecule has 4 rings (SSSR count). The average molecular weight is 496 g/mol. The highest BCUT2D eigenvalue weighted by molar-refractivity contribution is 9.10. The molecule has 0 aromatic heterocycles. The van der Waals surface area contributed by atoms with Crippen LogP contribution in [0.1, 0.15) is 18.9 Å². The van der Waals surface area contributed by atoms with Gasteiger partial charge >= 0.3 is 5.97 Å². The number of halogens is 2. The first-order valence-electron chi connectivity index (χ1n) is 9.66. The maximum absolute atomic E-state index is 12.8. The molecule has 1 heterocycles. The third-order valence-corrected chi connectivity index (χ3v) is 7.32. The van der Waals surface area contributed by atoms with Gasteiger partial charge in [-0.15, -0.1) is 0 Å². The minimum atomic E-state index is -1.08. The molecule has 0 spiro atoms. The minimum Gasteiger partial charge on any atom is -0.454 e. The maximum Gasteiger partial charge on any atom is 0.329 e. The number of nitrogens with one attached hydrogen (secondary N) is 1. The van der Waals surface area contributed by atoms with Gasteiger partial charge in [-0.1, -0.05) is 23.8 Å². The summed E-state index contributed by atoms with van der Waals surface area (Å²) < 4.78 is 5.78. The second-order valence-corrected chi connectivity index (χ2v) is 9.22. The molecule has 1 aromatic carbocycles. The van der Waals surface area contributed by atoms with Crippen molar-refractivity contribution in [2.45, 2.75) is 26.3 Å². The number of likely N-dealkylation sites (tertiary alicyclic amines) is 1. The molecule has 5 atom stereocenters. The molecule has 1 N–H and O–H groups in total. The zero-order chi connectivity index (χ0) is 21.7. The second kappa shape index (κ2) is 7.81. The SMILES string of the molecule is Cc1cc(Br)c(Cl)cc1NC(=O)COC(=O)[C@@H](C)N1C(=O)[C@@H]2[C@H](C1=O)[C@H]1C=C[C@H]2C1. The van der Waals surface area contributed by atoms with E-state index in [9.17, 15) is 19.2 Å². The third-order valence-electron chi connectivity index (χ3n) is 6.12. The van der Waals surface area contributed by atoms with E-state index >= 15 is 0 Å². The smallest absolute Gasteiger partial charge is 0.329 e. The second-order valence-electron chi connectivity index (χ2n) is 7.96. The molecule has 1 saturated carbocycles. The van der Waals surface area contributed by atoms with Crippen LogP contribution in [0.4, 0.5) is 5.69 Å². The number of nitrogens with zero attached hydrogens (tertiary/aromatic N) is 1. The van der Waals surface area contributed by atoms with Crippen molar-refractivity contribution in [1.29, 1.82) is 0 Å². The average Bonchev–Trinajstić information content (AvgIpc) is 3.37. The van der Waals surface area contributed by atoms with E-state index in [2.05, 4.69) is 21.2 Å². The Morgan fingerprint density at radius 1 is 1.23 bits per heavy atom. The summed E-state index contributed by atoms with van der Waals surface area (Å²) in [7, 11) is 0. The zero-order valence-electron chi connectivity index (χ0n) is 16.4. The standard InChI is InChI=1S/C21H20BrClN2O5/c1-9-5-13(22)14(23)7-15(9)24-16(26)8-30-21(29)10(2)25-19(27)17-11-3-4-12(6-11)18(17)20(25)28/h3-5,7,10-12,17-18H,6,8H2,1-2H3,(H,24,26)/t10-,11+,12+,17-,18+/m1/s1. The van der Waals surface area contributed by atoms with Gasteiger partial charge in [0.1, 0.15) is 6.04 Å². The molecule has 0 unspecified atom stereocenters. The summed E-state index contributed by atoms with van der Waals surface area (Å²) in [5.74, 6) is -2.61. The molecule has 2 bridgehead atoms. The van der Waals surface area contributed by atoms with Crippen molar-refractivity contribution in [3.8, 4) is 0 Å². The maximum atomic E-state index is 12.8. The Morgan fingerprint density at radius 2 is 1.83 bits per heavy atom. The van der Waals surface area contributed by atoms with Crippen molar-refractivity contribution >= 4 is 56.9 Å². The molecule has 158 valence electrons. The van der Waals surface area contributed by atoms with E-state index in [0.29, 0.717) is 15.2 Å². The van der Waals surface area contributed by atoms with Crippen LogP contribution in [0, 0.1) is 30.6 Å². The van der Waals surface area contributed by atoms with Crippen LogP contribution in [0.25, 0.3) is 0 Å². The molecule has 30 heavy (non-hydrogen) atoms. The summed E-state index contributed by atoms with van der Waals surface area (Å²) in [6.45, 7) is 2.71. The highest BCUT2D eigenvalue weighted by Gasteiger charge is 2.60. The number of anilines is 1. The summed E-state index contributed by atoms with van der Waals surface area (Å²) in [6, 6.07) is 2.27. The number of esters is 1. The molecule has 7 nitrogen and oxygen atoms in total. The zero-order valence-corrected chi connectivity index (χ0v) is 18.7.